The lowest BCUT2D eigenvalue weighted by molar-refractivity contribution is -0.119. The van der Waals surface area contributed by atoms with E-state index in [2.05, 4.69) is 11.8 Å². The molecule has 2 fully saturated rings. The molecule has 0 aromatic heterocycles. The summed E-state index contributed by atoms with van der Waals surface area (Å²) in [6.45, 7) is 5.78. The normalized spacial score (nSPS) is 36.4. The molecule has 17 heavy (non-hydrogen) atoms. The zero-order chi connectivity index (χ0) is 12.1. The van der Waals surface area contributed by atoms with Gasteiger partial charge in [0.05, 0.1) is 0 Å². The molecule has 0 bridgehead atoms. The van der Waals surface area contributed by atoms with E-state index in [1.54, 1.807) is 0 Å². The van der Waals surface area contributed by atoms with Crippen molar-refractivity contribution in [3.05, 3.63) is 0 Å². The Kier molecular flexibility index (Phi) is 4.61. The summed E-state index contributed by atoms with van der Waals surface area (Å²) in [5.74, 6) is 0.826. The lowest BCUT2D eigenvalue weighted by atomic mass is 9.71. The van der Waals surface area contributed by atoms with Gasteiger partial charge in [0.25, 0.3) is 0 Å². The van der Waals surface area contributed by atoms with Crippen LogP contribution in [0.15, 0.2) is 0 Å². The second-order valence-corrected chi connectivity index (χ2v) is 6.35. The van der Waals surface area contributed by atoms with Crippen LogP contribution in [0.1, 0.15) is 58.3 Å². The van der Waals surface area contributed by atoms with Gasteiger partial charge in [0, 0.05) is 12.0 Å². The molecule has 0 atom stereocenters. The molecule has 0 spiro atoms. The number of nitrogens with zero attached hydrogens (tertiary/aromatic N) is 1. The highest BCUT2D eigenvalue weighted by molar-refractivity contribution is 5.60. The Morgan fingerprint density at radius 1 is 1.12 bits per heavy atom. The van der Waals surface area contributed by atoms with Crippen molar-refractivity contribution in [2.75, 3.05) is 19.6 Å². The second-order valence-electron chi connectivity index (χ2n) is 6.35. The van der Waals surface area contributed by atoms with Gasteiger partial charge in [-0.15, -0.1) is 0 Å². The zero-order valence-corrected chi connectivity index (χ0v) is 11.3. The number of hydrogen-bond donors (Lipinski definition) is 0. The van der Waals surface area contributed by atoms with Gasteiger partial charge >= 0.3 is 0 Å². The van der Waals surface area contributed by atoms with Crippen molar-refractivity contribution in [3.8, 4) is 0 Å². The maximum Gasteiger partial charge on any atom is 0.127 e. The molecule has 0 aromatic rings. The number of rotatable bonds is 3. The fourth-order valence-corrected chi connectivity index (χ4v) is 3.39. The molecule has 1 heterocycles. The van der Waals surface area contributed by atoms with E-state index in [-0.39, 0.29) is 5.41 Å². The van der Waals surface area contributed by atoms with Gasteiger partial charge in [-0.1, -0.05) is 19.8 Å². The molecule has 2 heteroatoms. The van der Waals surface area contributed by atoms with Gasteiger partial charge in [-0.05, 0) is 57.5 Å². The second kappa shape index (κ2) is 5.99. The van der Waals surface area contributed by atoms with Gasteiger partial charge in [-0.3, -0.25) is 0 Å². The molecule has 2 aliphatic rings. The summed E-state index contributed by atoms with van der Waals surface area (Å²) < 4.78 is 0. The molecule has 1 aliphatic heterocycles. The van der Waals surface area contributed by atoms with Crippen LogP contribution in [-0.4, -0.2) is 30.8 Å². The number of carbonyl (C=O) groups is 1. The van der Waals surface area contributed by atoms with Crippen LogP contribution < -0.4 is 0 Å². The van der Waals surface area contributed by atoms with Crippen molar-refractivity contribution in [3.63, 3.8) is 0 Å². The smallest absolute Gasteiger partial charge is 0.127 e. The molecule has 1 saturated heterocycles. The third-order valence-corrected chi connectivity index (χ3v) is 4.76. The van der Waals surface area contributed by atoms with E-state index in [1.165, 1.54) is 57.9 Å². The monoisotopic (exact) mass is 237 g/mol. The lowest BCUT2D eigenvalue weighted by Crippen LogP contribution is -2.41. The van der Waals surface area contributed by atoms with Crippen LogP contribution in [0.4, 0.5) is 0 Å². The zero-order valence-electron chi connectivity index (χ0n) is 11.3. The summed E-state index contributed by atoms with van der Waals surface area (Å²) in [7, 11) is 0. The van der Waals surface area contributed by atoms with Crippen molar-refractivity contribution in [1.29, 1.82) is 0 Å². The summed E-state index contributed by atoms with van der Waals surface area (Å²) in [4.78, 5) is 14.1. The van der Waals surface area contributed by atoms with Crippen LogP contribution in [-0.2, 0) is 4.79 Å². The van der Waals surface area contributed by atoms with E-state index in [0.29, 0.717) is 0 Å². The maximum absolute atomic E-state index is 11.5. The van der Waals surface area contributed by atoms with Crippen LogP contribution in [0.25, 0.3) is 0 Å². The van der Waals surface area contributed by atoms with Crippen molar-refractivity contribution < 1.29 is 4.79 Å². The van der Waals surface area contributed by atoms with E-state index in [0.717, 1.165) is 25.3 Å². The molecule has 2 rings (SSSR count). The fourth-order valence-electron chi connectivity index (χ4n) is 3.39. The predicted octanol–water partition coefficient (Wildman–Crippen LogP) is 3.26. The van der Waals surface area contributed by atoms with Crippen LogP contribution in [0.3, 0.4) is 0 Å². The number of carbonyl (C=O) groups excluding carboxylic acids is 1. The Morgan fingerprint density at radius 2 is 1.71 bits per heavy atom. The Bertz CT molecular complexity index is 235. The maximum atomic E-state index is 11.5. The minimum absolute atomic E-state index is 0.00312. The number of aldehydes is 1. The van der Waals surface area contributed by atoms with Gasteiger partial charge in [-0.2, -0.15) is 0 Å². The number of likely N-dealkylation sites (tertiary alicyclic amines) is 1. The Hall–Kier alpha value is -0.370. The lowest BCUT2D eigenvalue weighted by Gasteiger charge is -2.38. The Balaban J connectivity index is 1.91. The molecule has 0 aromatic carbocycles. The highest BCUT2D eigenvalue weighted by Crippen LogP contribution is 2.38. The van der Waals surface area contributed by atoms with Crippen molar-refractivity contribution in [2.45, 2.75) is 58.3 Å². The molecule has 1 aliphatic carbocycles. The van der Waals surface area contributed by atoms with Crippen molar-refractivity contribution >= 4 is 6.29 Å². The molecular formula is C15H27NO. The van der Waals surface area contributed by atoms with Gasteiger partial charge < -0.3 is 9.69 Å². The minimum Gasteiger partial charge on any atom is -0.303 e. The molecule has 98 valence electrons. The molecule has 1 saturated carbocycles. The molecule has 0 amide bonds. The van der Waals surface area contributed by atoms with Crippen molar-refractivity contribution in [1.82, 2.24) is 4.90 Å². The van der Waals surface area contributed by atoms with E-state index in [4.69, 9.17) is 0 Å². The Morgan fingerprint density at radius 3 is 2.24 bits per heavy atom. The summed E-state index contributed by atoms with van der Waals surface area (Å²) in [5, 5.41) is 0. The molecule has 2 nitrogen and oxygen atoms in total. The van der Waals surface area contributed by atoms with E-state index in [1.807, 2.05) is 0 Å². The molecule has 0 N–H and O–H groups in total. The average molecular weight is 237 g/mol. The van der Waals surface area contributed by atoms with E-state index < -0.39 is 0 Å². The van der Waals surface area contributed by atoms with Gasteiger partial charge in [0.2, 0.25) is 0 Å². The van der Waals surface area contributed by atoms with E-state index in [9.17, 15) is 4.79 Å². The van der Waals surface area contributed by atoms with Gasteiger partial charge in [0.1, 0.15) is 6.29 Å². The highest BCUT2D eigenvalue weighted by atomic mass is 16.1. The first-order chi connectivity index (χ1) is 8.24. The minimum atomic E-state index is -0.00312. The molecular weight excluding hydrogens is 210 g/mol. The van der Waals surface area contributed by atoms with Gasteiger partial charge in [-0.25, -0.2) is 0 Å². The topological polar surface area (TPSA) is 20.3 Å². The average Bonchev–Trinajstić information content (AvgIpc) is 2.61. The van der Waals surface area contributed by atoms with Crippen LogP contribution in [0, 0.1) is 11.3 Å². The van der Waals surface area contributed by atoms with Crippen molar-refractivity contribution in [2.24, 2.45) is 11.3 Å². The van der Waals surface area contributed by atoms with Gasteiger partial charge in [0.15, 0.2) is 0 Å². The quantitative estimate of drug-likeness (QED) is 0.702. The highest BCUT2D eigenvalue weighted by Gasteiger charge is 2.35. The van der Waals surface area contributed by atoms with E-state index >= 15 is 0 Å². The standard InChI is InChI=1S/C15H27NO/c1-14-6-8-15(13-17,9-7-14)12-16-10-4-2-3-5-11-16/h13-14H,2-12H2,1H3. The largest absolute Gasteiger partial charge is 0.303 e. The SMILES string of the molecule is CC1CCC(C=O)(CN2CCCCCC2)CC1. The third kappa shape index (κ3) is 3.54. The Labute approximate surface area is 106 Å². The van der Waals surface area contributed by atoms with Crippen LogP contribution in [0.2, 0.25) is 0 Å². The number of hydrogen-bond acceptors (Lipinski definition) is 2. The fraction of sp³-hybridized carbons (Fsp3) is 0.933. The first-order valence-corrected chi connectivity index (χ1v) is 7.43. The molecule has 0 unspecified atom stereocenters. The first kappa shape index (κ1) is 13.1. The first-order valence-electron chi connectivity index (χ1n) is 7.43. The van der Waals surface area contributed by atoms with Crippen LogP contribution in [0.5, 0.6) is 0 Å². The predicted molar refractivity (Wildman–Crippen MR) is 71.0 cm³/mol. The summed E-state index contributed by atoms with van der Waals surface area (Å²) in [6, 6.07) is 0. The van der Waals surface area contributed by atoms with Crippen LogP contribution >= 0.6 is 0 Å². The summed E-state index contributed by atoms with van der Waals surface area (Å²) >= 11 is 0. The third-order valence-electron chi connectivity index (χ3n) is 4.76. The summed E-state index contributed by atoms with van der Waals surface area (Å²) in [6.07, 6.45) is 11.4. The summed E-state index contributed by atoms with van der Waals surface area (Å²) in [5.41, 5.74) is -0.00312. The molecule has 0 radical (unpaired) electrons.